The molecule has 108 valence electrons. The molecule has 0 aromatic carbocycles. The summed E-state index contributed by atoms with van der Waals surface area (Å²) >= 11 is 1.74. The van der Waals surface area contributed by atoms with Crippen molar-refractivity contribution in [2.45, 2.75) is 39.5 Å². The van der Waals surface area contributed by atoms with Gasteiger partial charge >= 0.3 is 0 Å². The van der Waals surface area contributed by atoms with E-state index >= 15 is 0 Å². The maximum atomic E-state index is 5.94. The predicted octanol–water partition coefficient (Wildman–Crippen LogP) is 3.86. The number of hydrogen-bond acceptors (Lipinski definition) is 5. The molecule has 0 bridgehead atoms. The van der Waals surface area contributed by atoms with E-state index in [9.17, 15) is 0 Å². The van der Waals surface area contributed by atoms with Gasteiger partial charge in [-0.15, -0.1) is 11.3 Å². The Balaban J connectivity index is 1.90. The highest BCUT2D eigenvalue weighted by atomic mass is 32.1. The molecule has 0 spiro atoms. The number of nitrogens with zero attached hydrogens (tertiary/aromatic N) is 2. The van der Waals surface area contributed by atoms with Crippen LogP contribution in [0.1, 0.15) is 38.0 Å². The van der Waals surface area contributed by atoms with Crippen LogP contribution in [0, 0.1) is 5.92 Å². The summed E-state index contributed by atoms with van der Waals surface area (Å²) in [6.07, 6.45) is 4.67. The molecule has 0 aliphatic heterocycles. The van der Waals surface area contributed by atoms with Crippen LogP contribution in [0.4, 0.5) is 5.95 Å². The Hall–Kier alpha value is -1.36. The third-order valence-corrected chi connectivity index (χ3v) is 4.62. The Labute approximate surface area is 123 Å². The lowest BCUT2D eigenvalue weighted by molar-refractivity contribution is 0.292. The number of aromatic nitrogens is 2. The second-order valence-electron chi connectivity index (χ2n) is 5.32. The van der Waals surface area contributed by atoms with Crippen LogP contribution in [-0.2, 0) is 6.42 Å². The van der Waals surface area contributed by atoms with Gasteiger partial charge < -0.3 is 10.1 Å². The number of fused-ring (bicyclic) bond motifs is 1. The van der Waals surface area contributed by atoms with Crippen LogP contribution in [0.25, 0.3) is 10.2 Å². The molecule has 2 aromatic rings. The zero-order valence-electron chi connectivity index (χ0n) is 12.1. The number of nitrogens with one attached hydrogen (secondary N) is 1. The first kappa shape index (κ1) is 13.6. The Morgan fingerprint density at radius 1 is 1.35 bits per heavy atom. The monoisotopic (exact) mass is 291 g/mol. The summed E-state index contributed by atoms with van der Waals surface area (Å²) in [5.74, 6) is 2.17. The molecule has 0 saturated heterocycles. The van der Waals surface area contributed by atoms with E-state index in [2.05, 4.69) is 35.2 Å². The van der Waals surface area contributed by atoms with Crippen LogP contribution in [-0.4, -0.2) is 23.1 Å². The molecule has 1 aliphatic carbocycles. The summed E-state index contributed by atoms with van der Waals surface area (Å²) in [6, 6.07) is 2.17. The molecular weight excluding hydrogens is 270 g/mol. The van der Waals surface area contributed by atoms with Crippen LogP contribution >= 0.6 is 11.3 Å². The van der Waals surface area contributed by atoms with Gasteiger partial charge in [0.15, 0.2) is 0 Å². The van der Waals surface area contributed by atoms with Gasteiger partial charge in [-0.2, -0.15) is 4.98 Å². The Morgan fingerprint density at radius 3 is 2.90 bits per heavy atom. The molecule has 2 heterocycles. The smallest absolute Gasteiger partial charge is 0.227 e. The zero-order chi connectivity index (χ0) is 13.9. The minimum absolute atomic E-state index is 0.689. The first-order valence-corrected chi connectivity index (χ1v) is 8.29. The lowest BCUT2D eigenvalue weighted by Gasteiger charge is -2.08. The van der Waals surface area contributed by atoms with Crippen molar-refractivity contribution in [2.24, 2.45) is 5.92 Å². The minimum Gasteiger partial charge on any atom is -0.477 e. The van der Waals surface area contributed by atoms with Gasteiger partial charge in [-0.05, 0) is 37.7 Å². The molecule has 1 saturated carbocycles. The lowest BCUT2D eigenvalue weighted by atomic mass is 10.3. The predicted molar refractivity (Wildman–Crippen MR) is 83.8 cm³/mol. The van der Waals surface area contributed by atoms with E-state index in [0.717, 1.165) is 48.0 Å². The summed E-state index contributed by atoms with van der Waals surface area (Å²) in [5, 5.41) is 4.33. The molecule has 1 fully saturated rings. The van der Waals surface area contributed by atoms with Gasteiger partial charge in [0.2, 0.25) is 11.8 Å². The fourth-order valence-corrected chi connectivity index (χ4v) is 2.98. The van der Waals surface area contributed by atoms with Crippen molar-refractivity contribution in [3.05, 3.63) is 10.9 Å². The van der Waals surface area contributed by atoms with Crippen LogP contribution in [0.5, 0.6) is 5.88 Å². The van der Waals surface area contributed by atoms with Gasteiger partial charge in [-0.1, -0.05) is 13.8 Å². The second kappa shape index (κ2) is 5.95. The summed E-state index contributed by atoms with van der Waals surface area (Å²) < 4.78 is 5.94. The van der Waals surface area contributed by atoms with Gasteiger partial charge in [0.05, 0.1) is 12.0 Å². The van der Waals surface area contributed by atoms with Crippen LogP contribution in [0.3, 0.4) is 0 Å². The summed E-state index contributed by atoms with van der Waals surface area (Å²) in [6.45, 7) is 5.98. The van der Waals surface area contributed by atoms with E-state index in [1.165, 1.54) is 17.7 Å². The highest BCUT2D eigenvalue weighted by Crippen LogP contribution is 2.34. The molecule has 0 radical (unpaired) electrons. The molecule has 5 heteroatoms. The van der Waals surface area contributed by atoms with E-state index in [1.807, 2.05) is 0 Å². The molecule has 0 amide bonds. The first-order chi connectivity index (χ1) is 9.80. The standard InChI is InChI=1S/C15H21N3OS/c1-3-7-16-15-17-13(19-9-10-5-6-10)12-8-11(4-2)20-14(12)18-15/h8,10H,3-7,9H2,1-2H3,(H,16,17,18). The van der Waals surface area contributed by atoms with Crippen LogP contribution in [0.15, 0.2) is 6.07 Å². The van der Waals surface area contributed by atoms with Crippen LogP contribution < -0.4 is 10.1 Å². The van der Waals surface area contributed by atoms with Crippen LogP contribution in [0.2, 0.25) is 0 Å². The first-order valence-electron chi connectivity index (χ1n) is 7.47. The zero-order valence-corrected chi connectivity index (χ0v) is 12.9. The summed E-state index contributed by atoms with van der Waals surface area (Å²) in [4.78, 5) is 11.5. The van der Waals surface area contributed by atoms with Crippen molar-refractivity contribution in [1.29, 1.82) is 0 Å². The van der Waals surface area contributed by atoms with E-state index < -0.39 is 0 Å². The van der Waals surface area contributed by atoms with Crippen molar-refractivity contribution in [3.63, 3.8) is 0 Å². The number of thiophene rings is 1. The molecule has 4 nitrogen and oxygen atoms in total. The number of hydrogen-bond donors (Lipinski definition) is 1. The Morgan fingerprint density at radius 2 is 2.20 bits per heavy atom. The normalized spacial score (nSPS) is 14.7. The second-order valence-corrected chi connectivity index (χ2v) is 6.43. The number of rotatable bonds is 7. The quantitative estimate of drug-likeness (QED) is 0.841. The fraction of sp³-hybridized carbons (Fsp3) is 0.600. The number of ether oxygens (including phenoxy) is 1. The van der Waals surface area contributed by atoms with E-state index in [0.29, 0.717) is 5.95 Å². The van der Waals surface area contributed by atoms with Gasteiger partial charge in [0.1, 0.15) is 4.83 Å². The largest absolute Gasteiger partial charge is 0.477 e. The van der Waals surface area contributed by atoms with Crippen molar-refractivity contribution in [3.8, 4) is 5.88 Å². The minimum atomic E-state index is 0.689. The fourth-order valence-electron chi connectivity index (χ4n) is 2.03. The Kier molecular flexibility index (Phi) is 4.05. The SMILES string of the molecule is CCCNc1nc(OCC2CC2)c2cc(CC)sc2n1. The van der Waals surface area contributed by atoms with Crippen molar-refractivity contribution < 1.29 is 4.74 Å². The van der Waals surface area contributed by atoms with Crippen molar-refractivity contribution in [2.75, 3.05) is 18.5 Å². The van der Waals surface area contributed by atoms with Gasteiger partial charge in [0, 0.05) is 11.4 Å². The average molecular weight is 291 g/mol. The maximum Gasteiger partial charge on any atom is 0.227 e. The molecule has 1 N–H and O–H groups in total. The summed E-state index contributed by atoms with van der Waals surface area (Å²) in [7, 11) is 0. The third-order valence-electron chi connectivity index (χ3n) is 3.44. The molecule has 3 rings (SSSR count). The van der Waals surface area contributed by atoms with E-state index in [1.54, 1.807) is 11.3 Å². The topological polar surface area (TPSA) is 47.0 Å². The highest BCUT2D eigenvalue weighted by Gasteiger charge is 2.23. The highest BCUT2D eigenvalue weighted by molar-refractivity contribution is 7.18. The van der Waals surface area contributed by atoms with Gasteiger partial charge in [-0.25, -0.2) is 4.98 Å². The number of aryl methyl sites for hydroxylation is 1. The van der Waals surface area contributed by atoms with E-state index in [-0.39, 0.29) is 0 Å². The molecular formula is C15H21N3OS. The Bertz CT molecular complexity index is 592. The van der Waals surface area contributed by atoms with Crippen molar-refractivity contribution >= 4 is 27.5 Å². The van der Waals surface area contributed by atoms with Gasteiger partial charge in [0.25, 0.3) is 0 Å². The molecule has 0 atom stereocenters. The van der Waals surface area contributed by atoms with E-state index in [4.69, 9.17) is 4.74 Å². The molecule has 1 aliphatic rings. The van der Waals surface area contributed by atoms with Gasteiger partial charge in [-0.3, -0.25) is 0 Å². The summed E-state index contributed by atoms with van der Waals surface area (Å²) in [5.41, 5.74) is 0. The molecule has 20 heavy (non-hydrogen) atoms. The average Bonchev–Trinajstić information content (AvgIpc) is 3.20. The molecule has 0 unspecified atom stereocenters. The van der Waals surface area contributed by atoms with Crippen molar-refractivity contribution in [1.82, 2.24) is 9.97 Å². The lowest BCUT2D eigenvalue weighted by Crippen LogP contribution is -2.07. The third kappa shape index (κ3) is 3.03. The molecule has 2 aromatic heterocycles. The maximum absolute atomic E-state index is 5.94. The number of anilines is 1.